The Morgan fingerprint density at radius 3 is 2.56 bits per heavy atom. The van der Waals surface area contributed by atoms with Crippen molar-refractivity contribution < 1.29 is 19.4 Å². The molecule has 5 nitrogen and oxygen atoms in total. The zero-order valence-electron chi connectivity index (χ0n) is 13.9. The number of aromatic carboxylic acids is 1. The van der Waals surface area contributed by atoms with Crippen LogP contribution in [0.15, 0.2) is 48.5 Å². The summed E-state index contributed by atoms with van der Waals surface area (Å²) in [5.41, 5.74) is 0.872. The van der Waals surface area contributed by atoms with Crippen molar-refractivity contribution in [3.05, 3.63) is 64.7 Å². The maximum Gasteiger partial charge on any atom is 0.335 e. The molecule has 1 atom stereocenters. The first-order valence-corrected chi connectivity index (χ1v) is 8.34. The Hall–Kier alpha value is -2.53. The second kappa shape index (κ2) is 9.08. The van der Waals surface area contributed by atoms with Crippen LogP contribution in [0.3, 0.4) is 0 Å². The minimum atomic E-state index is -0.988. The molecule has 0 radical (unpaired) electrons. The van der Waals surface area contributed by atoms with Crippen molar-refractivity contribution in [1.29, 1.82) is 0 Å². The number of carbonyl (C=O) groups excluding carboxylic acids is 1. The smallest absolute Gasteiger partial charge is 0.335 e. The lowest BCUT2D eigenvalue weighted by Gasteiger charge is -2.16. The molecule has 0 saturated heterocycles. The molecule has 2 aromatic rings. The van der Waals surface area contributed by atoms with Crippen molar-refractivity contribution in [3.8, 4) is 5.75 Å². The highest BCUT2D eigenvalue weighted by Gasteiger charge is 2.12. The number of carboxylic acids is 1. The molecule has 0 spiro atoms. The molecule has 2 aromatic carbocycles. The summed E-state index contributed by atoms with van der Waals surface area (Å²) in [6.45, 7) is 2.17. The zero-order valence-corrected chi connectivity index (χ0v) is 14.6. The van der Waals surface area contributed by atoms with Crippen molar-refractivity contribution in [2.45, 2.75) is 25.9 Å². The van der Waals surface area contributed by atoms with Gasteiger partial charge >= 0.3 is 5.97 Å². The summed E-state index contributed by atoms with van der Waals surface area (Å²) in [6, 6.07) is 13.8. The van der Waals surface area contributed by atoms with Crippen molar-refractivity contribution >= 4 is 23.5 Å². The number of nitrogens with one attached hydrogen (secondary N) is 1. The summed E-state index contributed by atoms with van der Waals surface area (Å²) >= 11 is 6.03. The molecule has 0 bridgehead atoms. The summed E-state index contributed by atoms with van der Waals surface area (Å²) in [7, 11) is 0. The largest absolute Gasteiger partial charge is 0.487 e. The number of rotatable bonds is 8. The summed E-state index contributed by atoms with van der Waals surface area (Å²) in [5.74, 6) is -0.575. The maximum absolute atomic E-state index is 12.0. The lowest BCUT2D eigenvalue weighted by molar-refractivity contribution is -0.121. The molecule has 0 aliphatic carbocycles. The van der Waals surface area contributed by atoms with E-state index in [9.17, 15) is 9.59 Å². The van der Waals surface area contributed by atoms with E-state index in [1.165, 1.54) is 6.07 Å². The lowest BCUT2D eigenvalue weighted by atomic mass is 10.0. The number of para-hydroxylation sites is 1. The molecule has 2 rings (SSSR count). The van der Waals surface area contributed by atoms with Gasteiger partial charge in [-0.15, -0.1) is 0 Å². The molecule has 132 valence electrons. The minimum Gasteiger partial charge on any atom is -0.487 e. The Morgan fingerprint density at radius 1 is 1.16 bits per heavy atom. The molecule has 25 heavy (non-hydrogen) atoms. The number of aryl methyl sites for hydroxylation is 1. The number of halogens is 1. The van der Waals surface area contributed by atoms with Gasteiger partial charge in [-0.25, -0.2) is 4.79 Å². The molecule has 0 heterocycles. The Kier molecular flexibility index (Phi) is 6.83. The fourth-order valence-electron chi connectivity index (χ4n) is 2.34. The number of carbonyl (C=O) groups is 2. The molecule has 0 fully saturated rings. The Labute approximate surface area is 151 Å². The normalized spacial score (nSPS) is 11.6. The zero-order chi connectivity index (χ0) is 18.2. The van der Waals surface area contributed by atoms with Gasteiger partial charge in [-0.1, -0.05) is 41.9 Å². The molecule has 2 N–H and O–H groups in total. The Balaban J connectivity index is 1.79. The van der Waals surface area contributed by atoms with Crippen LogP contribution < -0.4 is 10.1 Å². The average Bonchev–Trinajstić information content (AvgIpc) is 2.60. The Morgan fingerprint density at radius 2 is 1.84 bits per heavy atom. The molecule has 6 heteroatoms. The lowest BCUT2D eigenvalue weighted by Crippen LogP contribution is -2.33. The van der Waals surface area contributed by atoms with Crippen molar-refractivity contribution in [1.82, 2.24) is 5.32 Å². The Bertz CT molecular complexity index is 748. The fourth-order valence-corrected chi connectivity index (χ4v) is 2.52. The number of ether oxygens (including phenoxy) is 1. The summed E-state index contributed by atoms with van der Waals surface area (Å²) in [4.78, 5) is 23.1. The highest BCUT2D eigenvalue weighted by Crippen LogP contribution is 2.24. The standard InChI is InChI=1S/C19H20ClNO4/c1-13(25-17-9-5-4-8-16(17)20)12-21-18(22)11-10-14-6-2-3-7-15(14)19(23)24/h2-9,13H,10-12H2,1H3,(H,21,22)(H,23,24). The number of amides is 1. The van der Waals surface area contributed by atoms with Crippen LogP contribution >= 0.6 is 11.6 Å². The van der Waals surface area contributed by atoms with Gasteiger partial charge < -0.3 is 15.2 Å². The van der Waals surface area contributed by atoms with E-state index in [4.69, 9.17) is 21.4 Å². The quantitative estimate of drug-likeness (QED) is 0.753. The third-order valence-corrected chi connectivity index (χ3v) is 3.93. The van der Waals surface area contributed by atoms with Crippen LogP contribution in [0.2, 0.25) is 5.02 Å². The summed E-state index contributed by atoms with van der Waals surface area (Å²) in [5, 5.41) is 12.4. The number of hydrogen-bond donors (Lipinski definition) is 2. The highest BCUT2D eigenvalue weighted by molar-refractivity contribution is 6.32. The van der Waals surface area contributed by atoms with Gasteiger partial charge in [-0.2, -0.15) is 0 Å². The number of benzene rings is 2. The predicted octanol–water partition coefficient (Wildman–Crippen LogP) is 3.55. The van der Waals surface area contributed by atoms with E-state index in [-0.39, 0.29) is 24.0 Å². The monoisotopic (exact) mass is 361 g/mol. The topological polar surface area (TPSA) is 75.6 Å². The van der Waals surface area contributed by atoms with Crippen molar-refractivity contribution in [2.75, 3.05) is 6.54 Å². The number of hydrogen-bond acceptors (Lipinski definition) is 3. The van der Waals surface area contributed by atoms with Crippen molar-refractivity contribution in [2.24, 2.45) is 0 Å². The van der Waals surface area contributed by atoms with Crippen LogP contribution in [0.1, 0.15) is 29.3 Å². The molecule has 0 saturated carbocycles. The average molecular weight is 362 g/mol. The third kappa shape index (κ3) is 5.80. The predicted molar refractivity (Wildman–Crippen MR) is 96.3 cm³/mol. The third-order valence-electron chi connectivity index (χ3n) is 3.62. The summed E-state index contributed by atoms with van der Waals surface area (Å²) < 4.78 is 5.68. The molecule has 0 aromatic heterocycles. The van der Waals surface area contributed by atoms with Gasteiger partial charge in [0.1, 0.15) is 11.9 Å². The minimum absolute atomic E-state index is 0.158. The summed E-state index contributed by atoms with van der Waals surface area (Å²) in [6.07, 6.45) is 0.340. The van der Waals surface area contributed by atoms with Gasteiger partial charge in [0.25, 0.3) is 0 Å². The SMILES string of the molecule is CC(CNC(=O)CCc1ccccc1C(=O)O)Oc1ccccc1Cl. The van der Waals surface area contributed by atoms with Crippen LogP contribution in [0, 0.1) is 0 Å². The molecule has 0 aliphatic heterocycles. The van der Waals surface area contributed by atoms with Gasteiger partial charge in [0.2, 0.25) is 5.91 Å². The molecule has 1 amide bonds. The van der Waals surface area contributed by atoms with E-state index < -0.39 is 5.97 Å². The van der Waals surface area contributed by atoms with Crippen LogP contribution in [0.4, 0.5) is 0 Å². The molecule has 0 aliphatic rings. The van der Waals surface area contributed by atoms with Crippen molar-refractivity contribution in [3.63, 3.8) is 0 Å². The first kappa shape index (κ1) is 18.8. The van der Waals surface area contributed by atoms with Crippen LogP contribution in [0.25, 0.3) is 0 Å². The van der Waals surface area contributed by atoms with E-state index in [1.807, 2.05) is 19.1 Å². The molecular formula is C19H20ClNO4. The van der Waals surface area contributed by atoms with E-state index in [1.54, 1.807) is 30.3 Å². The van der Waals surface area contributed by atoms with Crippen LogP contribution in [-0.4, -0.2) is 29.6 Å². The van der Waals surface area contributed by atoms with E-state index >= 15 is 0 Å². The fraction of sp³-hybridized carbons (Fsp3) is 0.263. The maximum atomic E-state index is 12.0. The second-order valence-electron chi connectivity index (χ2n) is 5.63. The van der Waals surface area contributed by atoms with Gasteiger partial charge in [0.15, 0.2) is 0 Å². The van der Waals surface area contributed by atoms with Gasteiger partial charge in [0, 0.05) is 6.42 Å². The van der Waals surface area contributed by atoms with Gasteiger partial charge in [0.05, 0.1) is 17.1 Å². The number of carboxylic acid groups (broad SMARTS) is 1. The second-order valence-corrected chi connectivity index (χ2v) is 6.03. The van der Waals surface area contributed by atoms with E-state index in [0.717, 1.165) is 0 Å². The van der Waals surface area contributed by atoms with Gasteiger partial charge in [-0.3, -0.25) is 4.79 Å². The molecular weight excluding hydrogens is 342 g/mol. The molecule has 1 unspecified atom stereocenters. The van der Waals surface area contributed by atoms with E-state index in [2.05, 4.69) is 5.32 Å². The van der Waals surface area contributed by atoms with Gasteiger partial charge in [-0.05, 0) is 37.1 Å². The van der Waals surface area contributed by atoms with E-state index in [0.29, 0.717) is 29.3 Å². The van der Waals surface area contributed by atoms with Crippen LogP contribution in [0.5, 0.6) is 5.75 Å². The first-order valence-electron chi connectivity index (χ1n) is 7.96. The van der Waals surface area contributed by atoms with Crippen LogP contribution in [-0.2, 0) is 11.2 Å². The first-order chi connectivity index (χ1) is 12.0. The highest BCUT2D eigenvalue weighted by atomic mass is 35.5.